The maximum absolute atomic E-state index is 5.34. The fourth-order valence-corrected chi connectivity index (χ4v) is 8.22. The summed E-state index contributed by atoms with van der Waals surface area (Å²) < 4.78 is 0. The molecule has 8 aromatic carbocycles. The number of hydrogen-bond acceptors (Lipinski definition) is 3. The second kappa shape index (κ2) is 12.7. The van der Waals surface area contributed by atoms with Gasteiger partial charge in [-0.2, -0.15) is 0 Å². The van der Waals surface area contributed by atoms with E-state index in [-0.39, 0.29) is 5.41 Å². The fourth-order valence-electron chi connectivity index (χ4n) is 8.22. The van der Waals surface area contributed by atoms with E-state index >= 15 is 0 Å². The molecule has 9 aromatic rings. The molecule has 0 fully saturated rings. The summed E-state index contributed by atoms with van der Waals surface area (Å²) in [6.07, 6.45) is 0. The number of nitrogens with zero attached hydrogens (tertiary/aromatic N) is 3. The van der Waals surface area contributed by atoms with Gasteiger partial charge in [0.25, 0.3) is 0 Å². The minimum absolute atomic E-state index is 0.0477. The molecule has 1 aliphatic carbocycles. The van der Waals surface area contributed by atoms with Gasteiger partial charge in [0.15, 0.2) is 0 Å². The standard InChI is InChI=1S/C51H37N3/c1-51(2)46-18-10-8-16-43(46)44-31-28-40(33-47(44)51)36-26-29-42(30-27-36)54(41-14-4-3-5-15-41)50-52-48-19-11-9-17-45(48)49(53-50)37-23-20-35(21-24-37)39-25-22-34-12-6-7-13-38(34)32-39/h3-33H,1-2H3. The smallest absolute Gasteiger partial charge is 0.235 e. The number of hydrogen-bond donors (Lipinski definition) is 0. The van der Waals surface area contributed by atoms with Crippen molar-refractivity contribution >= 4 is 39.0 Å². The van der Waals surface area contributed by atoms with Gasteiger partial charge in [0, 0.05) is 27.7 Å². The van der Waals surface area contributed by atoms with Gasteiger partial charge in [-0.25, -0.2) is 9.97 Å². The predicted octanol–water partition coefficient (Wildman–Crippen LogP) is 13.6. The van der Waals surface area contributed by atoms with Crippen LogP contribution in [0.15, 0.2) is 188 Å². The number of fused-ring (bicyclic) bond motifs is 5. The number of anilines is 3. The molecule has 0 unspecified atom stereocenters. The highest BCUT2D eigenvalue weighted by Gasteiger charge is 2.35. The Hall–Kier alpha value is -6.84. The SMILES string of the molecule is CC1(C)c2ccccc2-c2ccc(-c3ccc(N(c4ccccc4)c4nc(-c5ccc(-c6ccc7ccccc7c6)cc5)c5ccccc5n4)cc3)cc21. The first-order valence-electron chi connectivity index (χ1n) is 18.6. The Kier molecular flexibility index (Phi) is 7.48. The largest absolute Gasteiger partial charge is 0.279 e. The molecule has 1 aromatic heterocycles. The molecule has 0 amide bonds. The van der Waals surface area contributed by atoms with Crippen LogP contribution >= 0.6 is 0 Å². The maximum Gasteiger partial charge on any atom is 0.235 e. The highest BCUT2D eigenvalue weighted by Crippen LogP contribution is 2.49. The van der Waals surface area contributed by atoms with Gasteiger partial charge in [-0.1, -0.05) is 159 Å². The van der Waals surface area contributed by atoms with Gasteiger partial charge in [0.1, 0.15) is 0 Å². The van der Waals surface area contributed by atoms with E-state index in [1.807, 2.05) is 12.1 Å². The zero-order valence-electron chi connectivity index (χ0n) is 30.2. The summed E-state index contributed by atoms with van der Waals surface area (Å²) in [5.74, 6) is 0.623. The van der Waals surface area contributed by atoms with Crippen molar-refractivity contribution < 1.29 is 0 Å². The Balaban J connectivity index is 1.04. The van der Waals surface area contributed by atoms with E-state index < -0.39 is 0 Å². The molecule has 0 saturated heterocycles. The molecule has 0 radical (unpaired) electrons. The summed E-state index contributed by atoms with van der Waals surface area (Å²) in [5, 5.41) is 3.50. The van der Waals surface area contributed by atoms with Crippen LogP contribution in [0.3, 0.4) is 0 Å². The third kappa shape index (κ3) is 5.36. The van der Waals surface area contributed by atoms with Crippen LogP contribution in [-0.2, 0) is 5.41 Å². The summed E-state index contributed by atoms with van der Waals surface area (Å²) in [7, 11) is 0. The van der Waals surface area contributed by atoms with Gasteiger partial charge in [-0.3, -0.25) is 4.90 Å². The highest BCUT2D eigenvalue weighted by molar-refractivity contribution is 5.95. The first-order chi connectivity index (χ1) is 26.5. The Bertz CT molecular complexity index is 2840. The lowest BCUT2D eigenvalue weighted by atomic mass is 9.81. The van der Waals surface area contributed by atoms with Crippen molar-refractivity contribution in [2.75, 3.05) is 4.90 Å². The van der Waals surface area contributed by atoms with Gasteiger partial charge in [-0.15, -0.1) is 0 Å². The van der Waals surface area contributed by atoms with Crippen molar-refractivity contribution in [3.8, 4) is 44.6 Å². The van der Waals surface area contributed by atoms with Crippen LogP contribution in [0, 0.1) is 0 Å². The van der Waals surface area contributed by atoms with E-state index in [4.69, 9.17) is 9.97 Å². The van der Waals surface area contributed by atoms with Gasteiger partial charge >= 0.3 is 0 Å². The first-order valence-corrected chi connectivity index (χ1v) is 18.6. The van der Waals surface area contributed by atoms with Crippen molar-refractivity contribution in [1.82, 2.24) is 9.97 Å². The lowest BCUT2D eigenvalue weighted by Gasteiger charge is -2.24. The Morgan fingerprint density at radius 1 is 0.407 bits per heavy atom. The van der Waals surface area contributed by atoms with E-state index in [2.05, 4.69) is 195 Å². The normalized spacial score (nSPS) is 12.8. The molecular formula is C51H37N3. The van der Waals surface area contributed by atoms with Crippen molar-refractivity contribution in [2.45, 2.75) is 19.3 Å². The van der Waals surface area contributed by atoms with Crippen LogP contribution in [0.2, 0.25) is 0 Å². The molecule has 0 aliphatic heterocycles. The molecule has 0 N–H and O–H groups in total. The maximum atomic E-state index is 5.34. The average molecular weight is 692 g/mol. The molecule has 3 nitrogen and oxygen atoms in total. The fraction of sp³-hybridized carbons (Fsp3) is 0.0588. The summed E-state index contributed by atoms with van der Waals surface area (Å²) >= 11 is 0. The van der Waals surface area contributed by atoms with E-state index in [0.29, 0.717) is 5.95 Å². The number of rotatable bonds is 6. The summed E-state index contributed by atoms with van der Waals surface area (Å²) in [4.78, 5) is 12.7. The monoisotopic (exact) mass is 691 g/mol. The van der Waals surface area contributed by atoms with Crippen LogP contribution in [0.4, 0.5) is 17.3 Å². The summed E-state index contributed by atoms with van der Waals surface area (Å²) in [6.45, 7) is 4.67. The second-order valence-electron chi connectivity index (χ2n) is 14.7. The zero-order chi connectivity index (χ0) is 36.2. The number of benzene rings is 8. The Labute approximate surface area is 315 Å². The zero-order valence-corrected chi connectivity index (χ0v) is 30.2. The molecule has 10 rings (SSSR count). The van der Waals surface area contributed by atoms with Crippen molar-refractivity contribution in [1.29, 1.82) is 0 Å². The molecule has 0 bridgehead atoms. The number of aromatic nitrogens is 2. The Morgan fingerprint density at radius 3 is 1.80 bits per heavy atom. The topological polar surface area (TPSA) is 29.0 Å². The molecule has 54 heavy (non-hydrogen) atoms. The van der Waals surface area contributed by atoms with Crippen LogP contribution in [0.1, 0.15) is 25.0 Å². The average Bonchev–Trinajstić information content (AvgIpc) is 3.46. The highest BCUT2D eigenvalue weighted by atomic mass is 15.3. The van der Waals surface area contributed by atoms with Gasteiger partial charge in [0.05, 0.1) is 11.2 Å². The number of para-hydroxylation sites is 2. The quantitative estimate of drug-likeness (QED) is 0.174. The van der Waals surface area contributed by atoms with Crippen LogP contribution in [0.25, 0.3) is 66.3 Å². The first kappa shape index (κ1) is 31.9. The minimum Gasteiger partial charge on any atom is -0.279 e. The lowest BCUT2D eigenvalue weighted by Crippen LogP contribution is -2.15. The Morgan fingerprint density at radius 2 is 0.981 bits per heavy atom. The molecule has 0 saturated carbocycles. The van der Waals surface area contributed by atoms with E-state index in [9.17, 15) is 0 Å². The summed E-state index contributed by atoms with van der Waals surface area (Å²) in [6, 6.07) is 67.1. The predicted molar refractivity (Wildman–Crippen MR) is 226 cm³/mol. The van der Waals surface area contributed by atoms with E-state index in [1.54, 1.807) is 0 Å². The molecule has 1 aliphatic rings. The van der Waals surface area contributed by atoms with Crippen molar-refractivity contribution in [2.24, 2.45) is 0 Å². The van der Waals surface area contributed by atoms with Gasteiger partial charge < -0.3 is 0 Å². The third-order valence-corrected chi connectivity index (χ3v) is 11.1. The second-order valence-corrected chi connectivity index (χ2v) is 14.7. The third-order valence-electron chi connectivity index (χ3n) is 11.1. The van der Waals surface area contributed by atoms with Gasteiger partial charge in [-0.05, 0) is 97.7 Å². The molecule has 3 heteroatoms. The molecule has 256 valence electrons. The van der Waals surface area contributed by atoms with Crippen LogP contribution in [0.5, 0.6) is 0 Å². The van der Waals surface area contributed by atoms with Crippen LogP contribution < -0.4 is 4.90 Å². The van der Waals surface area contributed by atoms with Crippen molar-refractivity contribution in [3.05, 3.63) is 199 Å². The van der Waals surface area contributed by atoms with Gasteiger partial charge in [0.2, 0.25) is 5.95 Å². The van der Waals surface area contributed by atoms with E-state index in [1.165, 1.54) is 55.3 Å². The lowest BCUT2D eigenvalue weighted by molar-refractivity contribution is 0.660. The minimum atomic E-state index is -0.0477. The molecule has 1 heterocycles. The molecule has 0 atom stereocenters. The summed E-state index contributed by atoms with van der Waals surface area (Å²) in [5.41, 5.74) is 15.0. The molecule has 0 spiro atoms. The van der Waals surface area contributed by atoms with Crippen LogP contribution in [-0.4, -0.2) is 9.97 Å². The van der Waals surface area contributed by atoms with Crippen molar-refractivity contribution in [3.63, 3.8) is 0 Å². The molecular weight excluding hydrogens is 655 g/mol. The van der Waals surface area contributed by atoms with E-state index in [0.717, 1.165) is 33.5 Å².